The number of amides is 1. The number of carbonyl (C=O) groups excluding carboxylic acids is 1. The highest BCUT2D eigenvalue weighted by Crippen LogP contribution is 2.26. The van der Waals surface area contributed by atoms with Crippen LogP contribution in [-0.2, 0) is 14.8 Å². The lowest BCUT2D eigenvalue weighted by Crippen LogP contribution is -2.51. The molecule has 0 spiro atoms. The second-order valence-corrected chi connectivity index (χ2v) is 9.74. The van der Waals surface area contributed by atoms with E-state index in [1.807, 2.05) is 39.0 Å². The van der Waals surface area contributed by atoms with Crippen molar-refractivity contribution in [2.45, 2.75) is 84.2 Å². The van der Waals surface area contributed by atoms with Gasteiger partial charge in [0.15, 0.2) is 0 Å². The maximum absolute atomic E-state index is 13.1. The third-order valence-corrected chi connectivity index (χ3v) is 6.42. The second kappa shape index (κ2) is 9.58. The number of nitrogens with zero attached hydrogens (tertiary/aromatic N) is 1. The summed E-state index contributed by atoms with van der Waals surface area (Å²) in [7, 11) is -3.59. The van der Waals surface area contributed by atoms with Crippen LogP contribution in [0, 0.1) is 13.8 Å². The van der Waals surface area contributed by atoms with Crippen molar-refractivity contribution in [1.82, 2.24) is 5.32 Å². The zero-order valence-electron chi connectivity index (χ0n) is 17.1. The normalized spacial score (nSPS) is 17.6. The topological polar surface area (TPSA) is 66.5 Å². The first-order chi connectivity index (χ1) is 12.7. The molecule has 152 valence electrons. The van der Waals surface area contributed by atoms with Gasteiger partial charge in [-0.25, -0.2) is 8.42 Å². The molecule has 1 atom stereocenters. The minimum absolute atomic E-state index is 0.146. The van der Waals surface area contributed by atoms with Crippen LogP contribution < -0.4 is 9.62 Å². The van der Waals surface area contributed by atoms with Gasteiger partial charge in [0.25, 0.3) is 0 Å². The van der Waals surface area contributed by atoms with E-state index < -0.39 is 16.1 Å². The lowest BCUT2D eigenvalue weighted by atomic mass is 9.96. The van der Waals surface area contributed by atoms with E-state index in [-0.39, 0.29) is 11.9 Å². The Morgan fingerprint density at radius 3 is 2.07 bits per heavy atom. The van der Waals surface area contributed by atoms with Crippen molar-refractivity contribution in [3.63, 3.8) is 0 Å². The molecule has 27 heavy (non-hydrogen) atoms. The van der Waals surface area contributed by atoms with E-state index in [1.54, 1.807) is 0 Å². The Bertz CT molecular complexity index is 718. The first kappa shape index (κ1) is 21.7. The Balaban J connectivity index is 2.27. The lowest BCUT2D eigenvalue weighted by Gasteiger charge is -2.32. The molecule has 1 aromatic rings. The number of hydrogen-bond donors (Lipinski definition) is 1. The van der Waals surface area contributed by atoms with Gasteiger partial charge in [-0.15, -0.1) is 0 Å². The molecule has 1 aromatic carbocycles. The maximum Gasteiger partial charge on any atom is 0.244 e. The zero-order valence-corrected chi connectivity index (χ0v) is 17.9. The van der Waals surface area contributed by atoms with Crippen molar-refractivity contribution in [2.24, 2.45) is 0 Å². The largest absolute Gasteiger partial charge is 0.352 e. The van der Waals surface area contributed by atoms with Crippen molar-refractivity contribution >= 4 is 21.6 Å². The number of sulfonamides is 1. The molecule has 1 amide bonds. The van der Waals surface area contributed by atoms with Crippen molar-refractivity contribution in [2.75, 3.05) is 10.6 Å². The Hall–Kier alpha value is -1.56. The first-order valence-corrected chi connectivity index (χ1v) is 11.9. The van der Waals surface area contributed by atoms with Crippen molar-refractivity contribution in [1.29, 1.82) is 0 Å². The molecule has 0 heterocycles. The number of benzene rings is 1. The fourth-order valence-corrected chi connectivity index (χ4v) is 5.23. The quantitative estimate of drug-likeness (QED) is 0.791. The predicted molar refractivity (Wildman–Crippen MR) is 112 cm³/mol. The fourth-order valence-electron chi connectivity index (χ4n) is 4.04. The molecule has 1 fully saturated rings. The number of aryl methyl sites for hydroxylation is 2. The summed E-state index contributed by atoms with van der Waals surface area (Å²) in [6.07, 6.45) is 9.49. The summed E-state index contributed by atoms with van der Waals surface area (Å²) in [5.74, 6) is -0.187. The number of anilines is 1. The highest BCUT2D eigenvalue weighted by Gasteiger charge is 2.32. The molecule has 0 radical (unpaired) electrons. The van der Waals surface area contributed by atoms with E-state index in [9.17, 15) is 13.2 Å². The van der Waals surface area contributed by atoms with Gasteiger partial charge < -0.3 is 5.32 Å². The van der Waals surface area contributed by atoms with Crippen LogP contribution in [-0.4, -0.2) is 32.7 Å². The molecule has 0 aromatic heterocycles. The van der Waals surface area contributed by atoms with Crippen LogP contribution in [0.1, 0.15) is 69.4 Å². The van der Waals surface area contributed by atoms with Crippen LogP contribution in [0.5, 0.6) is 0 Å². The maximum atomic E-state index is 13.1. The van der Waals surface area contributed by atoms with E-state index in [0.29, 0.717) is 12.1 Å². The first-order valence-electron chi connectivity index (χ1n) is 10.1. The van der Waals surface area contributed by atoms with Crippen LogP contribution >= 0.6 is 0 Å². The van der Waals surface area contributed by atoms with Gasteiger partial charge in [0, 0.05) is 6.04 Å². The molecule has 6 heteroatoms. The monoisotopic (exact) mass is 394 g/mol. The zero-order chi connectivity index (χ0) is 20.0. The lowest BCUT2D eigenvalue weighted by molar-refractivity contribution is -0.123. The molecule has 2 rings (SSSR count). The molecule has 0 bridgehead atoms. The van der Waals surface area contributed by atoms with Gasteiger partial charge in [-0.3, -0.25) is 9.10 Å². The molecular weight excluding hydrogens is 360 g/mol. The fraction of sp³-hybridized carbons (Fsp3) is 0.667. The minimum atomic E-state index is -3.59. The number of rotatable bonds is 6. The molecule has 0 aliphatic heterocycles. The number of nitrogens with one attached hydrogen (secondary N) is 1. The molecule has 1 saturated carbocycles. The van der Waals surface area contributed by atoms with Crippen molar-refractivity contribution in [3.05, 3.63) is 29.3 Å². The number of hydrogen-bond acceptors (Lipinski definition) is 3. The molecule has 0 saturated heterocycles. The summed E-state index contributed by atoms with van der Waals surface area (Å²) in [6, 6.07) is 5.08. The Morgan fingerprint density at radius 2 is 1.59 bits per heavy atom. The van der Waals surface area contributed by atoms with Crippen LogP contribution in [0.3, 0.4) is 0 Å². The van der Waals surface area contributed by atoms with Crippen LogP contribution in [0.15, 0.2) is 18.2 Å². The SMILES string of the molecule is CCC(C(=O)NC1CCCCCCC1)N(c1cc(C)cc(C)c1)S(C)(=O)=O. The van der Waals surface area contributed by atoms with Gasteiger partial charge >= 0.3 is 0 Å². The molecule has 1 aliphatic rings. The van der Waals surface area contributed by atoms with E-state index in [4.69, 9.17) is 0 Å². The van der Waals surface area contributed by atoms with Crippen LogP contribution in [0.2, 0.25) is 0 Å². The Labute approximate surface area is 164 Å². The molecule has 1 unspecified atom stereocenters. The van der Waals surface area contributed by atoms with Gasteiger partial charge in [-0.1, -0.05) is 45.1 Å². The second-order valence-electron chi connectivity index (χ2n) is 7.88. The summed E-state index contributed by atoms with van der Waals surface area (Å²) >= 11 is 0. The van der Waals surface area contributed by atoms with E-state index in [1.165, 1.54) is 29.8 Å². The molecule has 1 N–H and O–H groups in total. The Morgan fingerprint density at radius 1 is 1.07 bits per heavy atom. The van der Waals surface area contributed by atoms with Crippen LogP contribution in [0.4, 0.5) is 5.69 Å². The standard InChI is InChI=1S/C21H34N2O3S/c1-5-20(21(24)22-18-11-9-7-6-8-10-12-18)23(27(4,25)26)19-14-16(2)13-17(3)15-19/h13-15,18,20H,5-12H2,1-4H3,(H,22,24). The van der Waals surface area contributed by atoms with Gasteiger partial charge in [-0.05, 0) is 56.4 Å². The summed E-state index contributed by atoms with van der Waals surface area (Å²) in [5.41, 5.74) is 2.53. The third kappa shape index (κ3) is 6.23. The summed E-state index contributed by atoms with van der Waals surface area (Å²) in [6.45, 7) is 5.74. The van der Waals surface area contributed by atoms with Gasteiger partial charge in [0.05, 0.1) is 11.9 Å². The predicted octanol–water partition coefficient (Wildman–Crippen LogP) is 4.08. The van der Waals surface area contributed by atoms with E-state index >= 15 is 0 Å². The average Bonchev–Trinajstić information content (AvgIpc) is 2.52. The minimum Gasteiger partial charge on any atom is -0.352 e. The molecule has 1 aliphatic carbocycles. The summed E-state index contributed by atoms with van der Waals surface area (Å²) < 4.78 is 26.5. The van der Waals surface area contributed by atoms with Gasteiger partial charge in [0.1, 0.15) is 6.04 Å². The Kier molecular flexibility index (Phi) is 7.71. The van der Waals surface area contributed by atoms with E-state index in [2.05, 4.69) is 5.32 Å². The number of carbonyl (C=O) groups is 1. The molecular formula is C21H34N2O3S. The van der Waals surface area contributed by atoms with Crippen LogP contribution in [0.25, 0.3) is 0 Å². The average molecular weight is 395 g/mol. The highest BCUT2D eigenvalue weighted by molar-refractivity contribution is 7.92. The van der Waals surface area contributed by atoms with Crippen molar-refractivity contribution < 1.29 is 13.2 Å². The van der Waals surface area contributed by atoms with Gasteiger partial charge in [0.2, 0.25) is 15.9 Å². The smallest absolute Gasteiger partial charge is 0.244 e. The third-order valence-electron chi connectivity index (χ3n) is 5.24. The van der Waals surface area contributed by atoms with E-state index in [0.717, 1.165) is 36.8 Å². The molecule has 5 nitrogen and oxygen atoms in total. The van der Waals surface area contributed by atoms with Gasteiger partial charge in [-0.2, -0.15) is 0 Å². The summed E-state index contributed by atoms with van der Waals surface area (Å²) in [4.78, 5) is 13.1. The summed E-state index contributed by atoms with van der Waals surface area (Å²) in [5, 5.41) is 3.14. The van der Waals surface area contributed by atoms with Crippen molar-refractivity contribution in [3.8, 4) is 0 Å². The highest BCUT2D eigenvalue weighted by atomic mass is 32.2.